The molecule has 1 aliphatic rings. The zero-order valence-electron chi connectivity index (χ0n) is 13.7. The highest BCUT2D eigenvalue weighted by Gasteiger charge is 2.27. The van der Waals surface area contributed by atoms with Crippen LogP contribution in [0.4, 0.5) is 8.78 Å². The fourth-order valence-electron chi connectivity index (χ4n) is 3.06. The van der Waals surface area contributed by atoms with E-state index in [0.717, 1.165) is 37.8 Å². The number of halogens is 3. The van der Waals surface area contributed by atoms with Crippen molar-refractivity contribution in [2.45, 2.75) is 48.8 Å². The first-order valence-electron chi connectivity index (χ1n) is 7.99. The van der Waals surface area contributed by atoms with Crippen LogP contribution in [0.15, 0.2) is 29.2 Å². The number of carbonyl (C=O) groups is 1. The Morgan fingerprint density at radius 1 is 1.16 bits per heavy atom. The first kappa shape index (κ1) is 21.8. The van der Waals surface area contributed by atoms with Crippen LogP contribution >= 0.6 is 12.4 Å². The smallest absolute Gasteiger partial charge is 0.341 e. The average molecular weight is 397 g/mol. The van der Waals surface area contributed by atoms with Gasteiger partial charge in [0.05, 0.1) is 4.90 Å². The Bertz CT molecular complexity index is 662. The summed E-state index contributed by atoms with van der Waals surface area (Å²) in [6.07, 6.45) is 5.48. The molecule has 0 aliphatic heterocycles. The van der Waals surface area contributed by atoms with Crippen molar-refractivity contribution in [2.75, 3.05) is 6.54 Å². The summed E-state index contributed by atoms with van der Waals surface area (Å²) in [7, 11) is -4.65. The third kappa shape index (κ3) is 5.36. The number of sulfone groups is 1. The fraction of sp³-hybridized carbons (Fsp3) is 0.562. The van der Waals surface area contributed by atoms with E-state index in [1.54, 1.807) is 0 Å². The fourth-order valence-corrected chi connectivity index (χ4v) is 3.78. The van der Waals surface area contributed by atoms with Crippen LogP contribution < -0.4 is 11.1 Å². The van der Waals surface area contributed by atoms with Crippen LogP contribution in [0.5, 0.6) is 0 Å². The monoisotopic (exact) mass is 396 g/mol. The minimum absolute atomic E-state index is 0. The molecule has 1 amide bonds. The molecule has 5 nitrogen and oxygen atoms in total. The molecule has 9 heteroatoms. The van der Waals surface area contributed by atoms with Gasteiger partial charge in [-0.2, -0.15) is 8.78 Å². The molecule has 1 aliphatic carbocycles. The molecule has 0 aromatic heterocycles. The highest BCUT2D eigenvalue weighted by molar-refractivity contribution is 7.91. The van der Waals surface area contributed by atoms with Crippen LogP contribution in [0.1, 0.15) is 42.5 Å². The molecule has 1 atom stereocenters. The highest BCUT2D eigenvalue weighted by atomic mass is 35.5. The first-order valence-corrected chi connectivity index (χ1v) is 9.54. The predicted octanol–water partition coefficient (Wildman–Crippen LogP) is 2.74. The number of hydrogen-bond acceptors (Lipinski definition) is 4. The molecule has 0 heterocycles. The van der Waals surface area contributed by atoms with Crippen molar-refractivity contribution in [1.82, 2.24) is 5.32 Å². The summed E-state index contributed by atoms with van der Waals surface area (Å²) in [4.78, 5) is 11.8. The third-order valence-electron chi connectivity index (χ3n) is 4.47. The van der Waals surface area contributed by atoms with Crippen LogP contribution in [-0.4, -0.2) is 32.7 Å². The van der Waals surface area contributed by atoms with E-state index in [2.05, 4.69) is 5.32 Å². The number of nitrogens with one attached hydrogen (secondary N) is 1. The summed E-state index contributed by atoms with van der Waals surface area (Å²) in [5.74, 6) is -3.52. The standard InChI is InChI=1S/C16H22F2N2O3S.ClH/c17-16(18)24(22,23)13-8-6-12(7-9-13)15(21)20-14(10-19)11-4-2-1-3-5-11;/h6-9,11,14,16H,1-5,10,19H2,(H,20,21);1H. The maximum absolute atomic E-state index is 12.5. The van der Waals surface area contributed by atoms with Gasteiger partial charge in [0.1, 0.15) is 0 Å². The molecule has 3 N–H and O–H groups in total. The van der Waals surface area contributed by atoms with E-state index in [9.17, 15) is 22.0 Å². The Kier molecular flexibility index (Phi) is 8.24. The second-order valence-corrected chi connectivity index (χ2v) is 7.96. The van der Waals surface area contributed by atoms with Gasteiger partial charge in [-0.05, 0) is 43.0 Å². The Hall–Kier alpha value is -1.25. The maximum atomic E-state index is 12.5. The minimum Gasteiger partial charge on any atom is -0.348 e. The molecule has 0 radical (unpaired) electrons. The van der Waals surface area contributed by atoms with Gasteiger partial charge in [-0.3, -0.25) is 4.79 Å². The molecular formula is C16H23ClF2N2O3S. The first-order chi connectivity index (χ1) is 11.4. The van der Waals surface area contributed by atoms with Gasteiger partial charge < -0.3 is 11.1 Å². The van der Waals surface area contributed by atoms with Crippen LogP contribution in [0.2, 0.25) is 0 Å². The highest BCUT2D eigenvalue weighted by Crippen LogP contribution is 2.26. The molecule has 0 spiro atoms. The quantitative estimate of drug-likeness (QED) is 0.773. The van der Waals surface area contributed by atoms with Crippen molar-refractivity contribution in [3.63, 3.8) is 0 Å². The Morgan fingerprint density at radius 3 is 2.20 bits per heavy atom. The van der Waals surface area contributed by atoms with Crippen LogP contribution in [0.25, 0.3) is 0 Å². The number of nitrogens with two attached hydrogens (primary N) is 1. The lowest BCUT2D eigenvalue weighted by Gasteiger charge is -2.30. The number of rotatable bonds is 6. The van der Waals surface area contributed by atoms with Crippen molar-refractivity contribution in [3.8, 4) is 0 Å². The van der Waals surface area contributed by atoms with Crippen molar-refractivity contribution in [1.29, 1.82) is 0 Å². The molecular weight excluding hydrogens is 374 g/mol. The van der Waals surface area contributed by atoms with Gasteiger partial charge in [-0.25, -0.2) is 8.42 Å². The zero-order valence-corrected chi connectivity index (χ0v) is 15.3. The molecule has 2 rings (SSSR count). The van der Waals surface area contributed by atoms with E-state index in [1.165, 1.54) is 18.6 Å². The maximum Gasteiger partial charge on any atom is 0.341 e. The largest absolute Gasteiger partial charge is 0.348 e. The molecule has 1 unspecified atom stereocenters. The molecule has 142 valence electrons. The number of hydrogen-bond donors (Lipinski definition) is 2. The minimum atomic E-state index is -4.65. The molecule has 1 aromatic carbocycles. The number of amides is 1. The SMILES string of the molecule is Cl.NCC(NC(=O)c1ccc(S(=O)(=O)C(F)F)cc1)C1CCCCC1. The van der Waals surface area contributed by atoms with Crippen LogP contribution in [0, 0.1) is 5.92 Å². The van der Waals surface area contributed by atoms with Crippen molar-refractivity contribution in [2.24, 2.45) is 11.7 Å². The Labute approximate surface area is 152 Å². The molecule has 1 saturated carbocycles. The van der Waals surface area contributed by atoms with Gasteiger partial charge in [0, 0.05) is 18.2 Å². The lowest BCUT2D eigenvalue weighted by Crippen LogP contribution is -2.45. The molecule has 25 heavy (non-hydrogen) atoms. The number of carbonyl (C=O) groups excluding carboxylic acids is 1. The number of benzene rings is 1. The summed E-state index contributed by atoms with van der Waals surface area (Å²) in [6.45, 7) is 0.328. The van der Waals surface area contributed by atoms with Crippen molar-refractivity contribution < 1.29 is 22.0 Å². The topological polar surface area (TPSA) is 89.3 Å². The van der Waals surface area contributed by atoms with Gasteiger partial charge >= 0.3 is 5.76 Å². The Morgan fingerprint density at radius 2 is 1.72 bits per heavy atom. The summed E-state index contributed by atoms with van der Waals surface area (Å²) < 4.78 is 47.8. The molecule has 1 aromatic rings. The third-order valence-corrected chi connectivity index (χ3v) is 5.87. The summed E-state index contributed by atoms with van der Waals surface area (Å²) >= 11 is 0. The molecule has 1 fully saturated rings. The summed E-state index contributed by atoms with van der Waals surface area (Å²) in [6, 6.07) is 4.38. The predicted molar refractivity (Wildman–Crippen MR) is 93.8 cm³/mol. The van der Waals surface area contributed by atoms with Gasteiger partial charge in [-0.1, -0.05) is 19.3 Å². The molecule has 0 saturated heterocycles. The summed E-state index contributed by atoms with van der Waals surface area (Å²) in [5, 5.41) is 2.87. The van der Waals surface area contributed by atoms with E-state index >= 15 is 0 Å². The van der Waals surface area contributed by atoms with E-state index in [0.29, 0.717) is 12.5 Å². The second-order valence-electron chi connectivity index (χ2n) is 6.04. The number of alkyl halides is 2. The average Bonchev–Trinajstić information content (AvgIpc) is 2.60. The van der Waals surface area contributed by atoms with Crippen molar-refractivity contribution >= 4 is 28.2 Å². The lowest BCUT2D eigenvalue weighted by atomic mass is 9.84. The van der Waals surface area contributed by atoms with Gasteiger partial charge in [-0.15, -0.1) is 12.4 Å². The van der Waals surface area contributed by atoms with Crippen molar-refractivity contribution in [3.05, 3.63) is 29.8 Å². The zero-order chi connectivity index (χ0) is 17.7. The van der Waals surface area contributed by atoms with E-state index in [-0.39, 0.29) is 29.9 Å². The summed E-state index contributed by atoms with van der Waals surface area (Å²) in [5.41, 5.74) is 5.99. The lowest BCUT2D eigenvalue weighted by molar-refractivity contribution is 0.0915. The van der Waals surface area contributed by atoms with E-state index in [4.69, 9.17) is 5.73 Å². The second kappa shape index (κ2) is 9.45. The normalized spacial score (nSPS) is 17.0. The van der Waals surface area contributed by atoms with Gasteiger partial charge in [0.2, 0.25) is 9.84 Å². The van der Waals surface area contributed by atoms with Crippen LogP contribution in [-0.2, 0) is 9.84 Å². The van der Waals surface area contributed by atoms with E-state index in [1.807, 2.05) is 0 Å². The van der Waals surface area contributed by atoms with Crippen LogP contribution in [0.3, 0.4) is 0 Å². The molecule has 0 bridgehead atoms. The van der Waals surface area contributed by atoms with Gasteiger partial charge in [0.25, 0.3) is 5.91 Å². The Balaban J connectivity index is 0.00000312. The van der Waals surface area contributed by atoms with E-state index < -0.39 is 20.5 Å². The van der Waals surface area contributed by atoms with Gasteiger partial charge in [0.15, 0.2) is 0 Å².